The lowest BCUT2D eigenvalue weighted by Crippen LogP contribution is -2.05. The largest absolute Gasteiger partial charge is 0.388 e. The number of aromatic nitrogens is 2. The Kier molecular flexibility index (Phi) is 13.6. The first-order chi connectivity index (χ1) is 9.90. The molecule has 0 aliphatic carbocycles. The summed E-state index contributed by atoms with van der Waals surface area (Å²) in [7, 11) is 1.90. The smallest absolute Gasteiger partial charge is 0.0593 e. The van der Waals surface area contributed by atoms with Crippen LogP contribution >= 0.6 is 0 Å². The van der Waals surface area contributed by atoms with Crippen LogP contribution in [-0.2, 0) is 6.54 Å². The summed E-state index contributed by atoms with van der Waals surface area (Å²) in [5, 5.41) is 7.22. The highest BCUT2D eigenvalue weighted by atomic mass is 15.3. The number of rotatable bonds is 4. The Hall–Kier alpha value is -1.77. The third kappa shape index (κ3) is 11.7. The molecule has 1 N–H and O–H groups in total. The fraction of sp³-hybridized carbons (Fsp3) is 0.500. The van der Waals surface area contributed by atoms with Gasteiger partial charge in [0.2, 0.25) is 0 Å². The van der Waals surface area contributed by atoms with Crippen LogP contribution in [0.4, 0.5) is 0 Å². The summed E-state index contributed by atoms with van der Waals surface area (Å²) >= 11 is 0. The quantitative estimate of drug-likeness (QED) is 0.802. The number of nitrogens with zero attached hydrogens (tertiary/aromatic N) is 2. The van der Waals surface area contributed by atoms with Gasteiger partial charge in [-0.05, 0) is 52.3 Å². The van der Waals surface area contributed by atoms with Gasteiger partial charge in [0.1, 0.15) is 0 Å². The van der Waals surface area contributed by atoms with E-state index in [9.17, 15) is 0 Å². The van der Waals surface area contributed by atoms with Crippen molar-refractivity contribution in [3.8, 4) is 0 Å². The molecule has 0 aliphatic rings. The SMILES string of the molecule is C=C(C)/C(=C\C=C(C)C)NC.CC.CCn1ccc(C)n1. The summed E-state index contributed by atoms with van der Waals surface area (Å²) in [6.07, 6.45) is 6.09. The lowest BCUT2D eigenvalue weighted by molar-refractivity contribution is 0.653. The third-order valence-corrected chi connectivity index (χ3v) is 2.41. The third-order valence-electron chi connectivity index (χ3n) is 2.41. The molecular formula is C18H33N3. The zero-order chi connectivity index (χ0) is 16.8. The van der Waals surface area contributed by atoms with Crippen LogP contribution < -0.4 is 5.32 Å². The second-order valence-electron chi connectivity index (χ2n) is 4.67. The molecule has 0 unspecified atom stereocenters. The van der Waals surface area contributed by atoms with Gasteiger partial charge in [-0.25, -0.2) is 0 Å². The number of allylic oxidation sites excluding steroid dienone is 4. The zero-order valence-electron chi connectivity index (χ0n) is 15.1. The van der Waals surface area contributed by atoms with Gasteiger partial charge in [-0.1, -0.05) is 32.1 Å². The van der Waals surface area contributed by atoms with Crippen molar-refractivity contribution in [3.05, 3.63) is 53.5 Å². The average Bonchev–Trinajstić information content (AvgIpc) is 2.87. The fourth-order valence-electron chi connectivity index (χ4n) is 1.33. The number of hydrogen-bond acceptors (Lipinski definition) is 2. The minimum absolute atomic E-state index is 0.966. The van der Waals surface area contributed by atoms with Gasteiger partial charge in [0.05, 0.1) is 5.69 Å². The van der Waals surface area contributed by atoms with Crippen molar-refractivity contribution >= 4 is 0 Å². The maximum absolute atomic E-state index is 4.15. The van der Waals surface area contributed by atoms with Crippen molar-refractivity contribution in [2.75, 3.05) is 7.05 Å². The average molecular weight is 291 g/mol. The maximum atomic E-state index is 4.15. The molecule has 120 valence electrons. The van der Waals surface area contributed by atoms with E-state index in [0.717, 1.165) is 23.5 Å². The summed E-state index contributed by atoms with van der Waals surface area (Å²) in [6.45, 7) is 19.0. The van der Waals surface area contributed by atoms with Crippen molar-refractivity contribution in [1.82, 2.24) is 15.1 Å². The molecule has 0 amide bonds. The lowest BCUT2D eigenvalue weighted by atomic mass is 10.2. The van der Waals surface area contributed by atoms with Crippen LogP contribution in [0.3, 0.4) is 0 Å². The Balaban J connectivity index is 0. The summed E-state index contributed by atoms with van der Waals surface area (Å²) in [4.78, 5) is 0. The van der Waals surface area contributed by atoms with Gasteiger partial charge in [-0.15, -0.1) is 0 Å². The molecule has 0 atom stereocenters. The number of hydrogen-bond donors (Lipinski definition) is 1. The van der Waals surface area contributed by atoms with Crippen molar-refractivity contribution in [1.29, 1.82) is 0 Å². The normalized spacial score (nSPS) is 9.62. The standard InChI is InChI=1S/C10H17N.C6H10N2.C2H6/c1-8(2)6-7-10(11-5)9(3)4;1-3-8-5-4-6(2)7-8;1-2/h6-7,11H,3H2,1-2,4-5H3;4-5H,3H2,1-2H3;1-2H3/b10-7+;;. The Morgan fingerprint density at radius 3 is 2.10 bits per heavy atom. The van der Waals surface area contributed by atoms with Crippen LogP contribution in [0.25, 0.3) is 0 Å². The van der Waals surface area contributed by atoms with E-state index in [1.165, 1.54) is 5.57 Å². The summed E-state index contributed by atoms with van der Waals surface area (Å²) in [5.41, 5.74) is 4.53. The van der Waals surface area contributed by atoms with E-state index in [-0.39, 0.29) is 0 Å². The first-order valence-corrected chi connectivity index (χ1v) is 7.59. The van der Waals surface area contributed by atoms with E-state index in [4.69, 9.17) is 0 Å². The van der Waals surface area contributed by atoms with Crippen molar-refractivity contribution in [2.45, 2.75) is 55.0 Å². The predicted octanol–water partition coefficient (Wildman–Crippen LogP) is 4.87. The van der Waals surface area contributed by atoms with Gasteiger partial charge >= 0.3 is 0 Å². The highest BCUT2D eigenvalue weighted by Gasteiger charge is 1.89. The van der Waals surface area contributed by atoms with Crippen molar-refractivity contribution in [2.24, 2.45) is 0 Å². The molecule has 1 aromatic heterocycles. The van der Waals surface area contributed by atoms with E-state index >= 15 is 0 Å². The van der Waals surface area contributed by atoms with Crippen LogP contribution in [0, 0.1) is 6.92 Å². The summed E-state index contributed by atoms with van der Waals surface area (Å²) < 4.78 is 1.91. The summed E-state index contributed by atoms with van der Waals surface area (Å²) in [5.74, 6) is 0. The molecule has 0 saturated carbocycles. The van der Waals surface area contributed by atoms with Gasteiger partial charge in [0.15, 0.2) is 0 Å². The van der Waals surface area contributed by atoms with E-state index < -0.39 is 0 Å². The molecule has 0 saturated heterocycles. The molecule has 0 aliphatic heterocycles. The number of likely N-dealkylation sites (N-methyl/N-ethyl adjacent to an activating group) is 1. The molecule has 0 radical (unpaired) electrons. The molecule has 1 heterocycles. The Morgan fingerprint density at radius 2 is 1.86 bits per heavy atom. The lowest BCUT2D eigenvalue weighted by Gasteiger charge is -2.03. The van der Waals surface area contributed by atoms with Gasteiger partial charge < -0.3 is 5.32 Å². The topological polar surface area (TPSA) is 29.9 Å². The second-order valence-corrected chi connectivity index (χ2v) is 4.67. The molecule has 1 rings (SSSR count). The first-order valence-electron chi connectivity index (χ1n) is 7.59. The van der Waals surface area contributed by atoms with Gasteiger partial charge in [-0.3, -0.25) is 4.68 Å². The van der Waals surface area contributed by atoms with Gasteiger partial charge in [-0.2, -0.15) is 5.10 Å². The van der Waals surface area contributed by atoms with Crippen LogP contribution in [0.15, 0.2) is 47.8 Å². The van der Waals surface area contributed by atoms with Gasteiger partial charge in [0, 0.05) is 25.5 Å². The molecule has 0 bridgehead atoms. The Morgan fingerprint density at radius 1 is 1.29 bits per heavy atom. The van der Waals surface area contributed by atoms with E-state index in [0.29, 0.717) is 0 Å². The monoisotopic (exact) mass is 291 g/mol. The predicted molar refractivity (Wildman–Crippen MR) is 95.4 cm³/mol. The molecular weight excluding hydrogens is 258 g/mol. The Labute approximate surface area is 131 Å². The first kappa shape index (κ1) is 21.5. The maximum Gasteiger partial charge on any atom is 0.0593 e. The van der Waals surface area contributed by atoms with E-state index in [1.807, 2.05) is 57.8 Å². The minimum atomic E-state index is 0.966. The molecule has 3 heteroatoms. The van der Waals surface area contributed by atoms with Crippen LogP contribution in [0.2, 0.25) is 0 Å². The zero-order valence-corrected chi connectivity index (χ0v) is 15.1. The molecule has 0 spiro atoms. The van der Waals surface area contributed by atoms with Gasteiger partial charge in [0.25, 0.3) is 0 Å². The van der Waals surface area contributed by atoms with Crippen molar-refractivity contribution < 1.29 is 0 Å². The van der Waals surface area contributed by atoms with Crippen LogP contribution in [0.1, 0.15) is 47.2 Å². The molecule has 0 aromatic carbocycles. The molecule has 21 heavy (non-hydrogen) atoms. The number of aryl methyl sites for hydroxylation is 2. The fourth-order valence-corrected chi connectivity index (χ4v) is 1.33. The molecule has 0 fully saturated rings. The number of nitrogens with one attached hydrogen (secondary N) is 1. The van der Waals surface area contributed by atoms with E-state index in [1.54, 1.807) is 0 Å². The second kappa shape index (κ2) is 13.2. The van der Waals surface area contributed by atoms with Crippen molar-refractivity contribution in [3.63, 3.8) is 0 Å². The van der Waals surface area contributed by atoms with E-state index in [2.05, 4.69) is 43.8 Å². The minimum Gasteiger partial charge on any atom is -0.388 e. The highest BCUT2D eigenvalue weighted by molar-refractivity contribution is 5.28. The molecule has 3 nitrogen and oxygen atoms in total. The molecule has 1 aromatic rings. The summed E-state index contributed by atoms with van der Waals surface area (Å²) in [6, 6.07) is 2.00. The van der Waals surface area contributed by atoms with Crippen LogP contribution in [0.5, 0.6) is 0 Å². The highest BCUT2D eigenvalue weighted by Crippen LogP contribution is 2.02. The Bertz CT molecular complexity index is 447. The van der Waals surface area contributed by atoms with Crippen LogP contribution in [-0.4, -0.2) is 16.8 Å².